The van der Waals surface area contributed by atoms with Crippen LogP contribution in [0.15, 0.2) is 72.8 Å². The van der Waals surface area contributed by atoms with Crippen LogP contribution in [0.4, 0.5) is 23.3 Å². The lowest BCUT2D eigenvalue weighted by molar-refractivity contribution is 1.30. The highest BCUT2D eigenvalue weighted by atomic mass is 15.1. The van der Waals surface area contributed by atoms with Crippen molar-refractivity contribution in [3.63, 3.8) is 0 Å². The summed E-state index contributed by atoms with van der Waals surface area (Å²) in [4.78, 5) is 15.6. The van der Waals surface area contributed by atoms with E-state index in [1.165, 1.54) is 0 Å². The molecule has 2 heterocycles. The largest absolute Gasteiger partial charge is 0.326 e. The van der Waals surface area contributed by atoms with Gasteiger partial charge in [-0.15, -0.1) is 0 Å². The second-order valence-corrected chi connectivity index (χ2v) is 6.03. The molecule has 26 heavy (non-hydrogen) atoms. The predicted molar refractivity (Wildman–Crippen MR) is 105 cm³/mol. The molecule has 0 aliphatic heterocycles. The van der Waals surface area contributed by atoms with Gasteiger partial charge >= 0.3 is 0 Å². The average Bonchev–Trinajstić information content (AvgIpc) is 3.25. The van der Waals surface area contributed by atoms with Crippen molar-refractivity contribution in [2.45, 2.75) is 0 Å². The molecule has 6 heteroatoms. The molecule has 0 spiro atoms. The van der Waals surface area contributed by atoms with Gasteiger partial charge in [0, 0.05) is 11.4 Å². The third kappa shape index (κ3) is 2.73. The normalized spacial score (nSPS) is 11.1. The van der Waals surface area contributed by atoms with E-state index < -0.39 is 0 Å². The molecule has 0 aliphatic rings. The molecular formula is C20H16N6. The van der Waals surface area contributed by atoms with Crippen LogP contribution in [0.1, 0.15) is 0 Å². The zero-order valence-corrected chi connectivity index (χ0v) is 13.8. The van der Waals surface area contributed by atoms with Crippen molar-refractivity contribution >= 4 is 45.3 Å². The van der Waals surface area contributed by atoms with Gasteiger partial charge < -0.3 is 20.6 Å². The zero-order valence-electron chi connectivity index (χ0n) is 13.8. The molecule has 5 rings (SSSR count). The van der Waals surface area contributed by atoms with Crippen LogP contribution < -0.4 is 10.6 Å². The van der Waals surface area contributed by atoms with Crippen molar-refractivity contribution in [1.82, 2.24) is 19.9 Å². The van der Waals surface area contributed by atoms with Gasteiger partial charge in [-0.05, 0) is 48.5 Å². The Kier molecular flexibility index (Phi) is 3.31. The first-order chi connectivity index (χ1) is 12.8. The minimum atomic E-state index is 0.726. The molecule has 2 aromatic heterocycles. The Labute approximate surface area is 149 Å². The Balaban J connectivity index is 1.33. The number of aromatic amines is 2. The first-order valence-electron chi connectivity index (χ1n) is 8.37. The summed E-state index contributed by atoms with van der Waals surface area (Å²) in [5.74, 6) is 1.45. The maximum atomic E-state index is 4.53. The fraction of sp³-hybridized carbons (Fsp3) is 0. The van der Waals surface area contributed by atoms with Gasteiger partial charge in [-0.25, -0.2) is 9.97 Å². The SMILES string of the molecule is c1ccc2[nH]c(Nc3ccc(Nc4nc5ccccc5[nH]4)cc3)nc2c1. The number of fused-ring (bicyclic) bond motifs is 2. The molecule has 0 unspecified atom stereocenters. The molecule has 4 N–H and O–H groups in total. The molecule has 6 nitrogen and oxygen atoms in total. The van der Waals surface area contributed by atoms with Crippen molar-refractivity contribution < 1.29 is 0 Å². The Morgan fingerprint density at radius 3 is 1.38 bits per heavy atom. The third-order valence-corrected chi connectivity index (χ3v) is 4.19. The Bertz CT molecular complexity index is 1020. The Morgan fingerprint density at radius 1 is 0.538 bits per heavy atom. The summed E-state index contributed by atoms with van der Waals surface area (Å²) in [7, 11) is 0. The second kappa shape index (κ2) is 5.93. The van der Waals surface area contributed by atoms with Crippen LogP contribution in [-0.2, 0) is 0 Å². The van der Waals surface area contributed by atoms with E-state index in [0.717, 1.165) is 45.3 Å². The minimum absolute atomic E-state index is 0.726. The zero-order chi connectivity index (χ0) is 17.3. The van der Waals surface area contributed by atoms with Crippen LogP contribution in [0, 0.1) is 0 Å². The average molecular weight is 340 g/mol. The molecular weight excluding hydrogens is 324 g/mol. The molecule has 0 fully saturated rings. The Hall–Kier alpha value is -3.80. The van der Waals surface area contributed by atoms with E-state index in [0.29, 0.717) is 0 Å². The lowest BCUT2D eigenvalue weighted by Crippen LogP contribution is -1.94. The molecule has 0 bridgehead atoms. The topological polar surface area (TPSA) is 81.4 Å². The Morgan fingerprint density at radius 2 is 0.962 bits per heavy atom. The van der Waals surface area contributed by atoms with Crippen molar-refractivity contribution in [2.75, 3.05) is 10.6 Å². The van der Waals surface area contributed by atoms with Gasteiger partial charge in [-0.1, -0.05) is 24.3 Å². The van der Waals surface area contributed by atoms with Gasteiger partial charge in [0.05, 0.1) is 22.1 Å². The van der Waals surface area contributed by atoms with Crippen LogP contribution in [0.5, 0.6) is 0 Å². The number of aromatic nitrogens is 4. The molecule has 126 valence electrons. The highest BCUT2D eigenvalue weighted by molar-refractivity contribution is 5.79. The summed E-state index contributed by atoms with van der Waals surface area (Å²) in [6.45, 7) is 0. The van der Waals surface area contributed by atoms with Gasteiger partial charge in [0.15, 0.2) is 0 Å². The number of anilines is 4. The van der Waals surface area contributed by atoms with E-state index in [9.17, 15) is 0 Å². The fourth-order valence-corrected chi connectivity index (χ4v) is 2.93. The summed E-state index contributed by atoms with van der Waals surface area (Å²) in [6, 6.07) is 23.9. The number of H-pyrrole nitrogens is 2. The number of imidazole rings is 2. The smallest absolute Gasteiger partial charge is 0.205 e. The number of nitrogens with zero attached hydrogens (tertiary/aromatic N) is 2. The van der Waals surface area contributed by atoms with E-state index in [1.54, 1.807) is 0 Å². The maximum absolute atomic E-state index is 4.53. The monoisotopic (exact) mass is 340 g/mol. The molecule has 5 aromatic rings. The van der Waals surface area contributed by atoms with E-state index in [4.69, 9.17) is 0 Å². The predicted octanol–water partition coefficient (Wildman–Crippen LogP) is 4.93. The van der Waals surface area contributed by atoms with E-state index in [1.807, 2.05) is 72.8 Å². The van der Waals surface area contributed by atoms with Gasteiger partial charge in [0.2, 0.25) is 11.9 Å². The highest BCUT2D eigenvalue weighted by Gasteiger charge is 2.04. The fourth-order valence-electron chi connectivity index (χ4n) is 2.93. The summed E-state index contributed by atoms with van der Waals surface area (Å²) < 4.78 is 0. The van der Waals surface area contributed by atoms with Crippen molar-refractivity contribution in [3.05, 3.63) is 72.8 Å². The second-order valence-electron chi connectivity index (χ2n) is 6.03. The summed E-state index contributed by atoms with van der Waals surface area (Å²) in [5.41, 5.74) is 5.83. The van der Waals surface area contributed by atoms with E-state index in [-0.39, 0.29) is 0 Å². The molecule has 3 aromatic carbocycles. The molecule has 0 atom stereocenters. The van der Waals surface area contributed by atoms with Crippen LogP contribution in [0.25, 0.3) is 22.1 Å². The summed E-state index contributed by atoms with van der Waals surface area (Å²) in [5, 5.41) is 6.58. The van der Waals surface area contributed by atoms with Gasteiger partial charge in [-0.3, -0.25) is 0 Å². The molecule has 0 saturated heterocycles. The van der Waals surface area contributed by atoms with Crippen LogP contribution in [0.3, 0.4) is 0 Å². The number of benzene rings is 3. The number of nitrogens with one attached hydrogen (secondary N) is 4. The third-order valence-electron chi connectivity index (χ3n) is 4.19. The minimum Gasteiger partial charge on any atom is -0.326 e. The lowest BCUT2D eigenvalue weighted by Gasteiger charge is -2.06. The van der Waals surface area contributed by atoms with Crippen LogP contribution >= 0.6 is 0 Å². The van der Waals surface area contributed by atoms with Crippen molar-refractivity contribution in [2.24, 2.45) is 0 Å². The number of rotatable bonds is 4. The molecule has 0 saturated carbocycles. The van der Waals surface area contributed by atoms with Crippen molar-refractivity contribution in [3.8, 4) is 0 Å². The molecule has 0 amide bonds. The van der Waals surface area contributed by atoms with E-state index >= 15 is 0 Å². The number of hydrogen-bond donors (Lipinski definition) is 4. The van der Waals surface area contributed by atoms with Crippen LogP contribution in [-0.4, -0.2) is 19.9 Å². The quantitative estimate of drug-likeness (QED) is 0.374. The van der Waals surface area contributed by atoms with Gasteiger partial charge in [-0.2, -0.15) is 0 Å². The van der Waals surface area contributed by atoms with E-state index in [2.05, 4.69) is 30.6 Å². The standard InChI is InChI=1S/C20H16N6/c1-2-6-16-15(5-1)23-19(24-16)21-13-9-11-14(12-10-13)22-20-25-17-7-3-4-8-18(17)26-20/h1-12H,(H2,21,23,24)(H2,22,25,26). The number of para-hydroxylation sites is 4. The lowest BCUT2D eigenvalue weighted by atomic mass is 10.3. The van der Waals surface area contributed by atoms with Gasteiger partial charge in [0.1, 0.15) is 0 Å². The molecule has 0 radical (unpaired) electrons. The highest BCUT2D eigenvalue weighted by Crippen LogP contribution is 2.22. The first-order valence-corrected chi connectivity index (χ1v) is 8.37. The summed E-state index contributed by atoms with van der Waals surface area (Å²) >= 11 is 0. The maximum Gasteiger partial charge on any atom is 0.205 e. The van der Waals surface area contributed by atoms with Gasteiger partial charge in [0.25, 0.3) is 0 Å². The number of hydrogen-bond acceptors (Lipinski definition) is 4. The van der Waals surface area contributed by atoms with Crippen molar-refractivity contribution in [1.29, 1.82) is 0 Å². The molecule has 0 aliphatic carbocycles. The summed E-state index contributed by atoms with van der Waals surface area (Å²) in [6.07, 6.45) is 0. The van der Waals surface area contributed by atoms with Crippen LogP contribution in [0.2, 0.25) is 0 Å². The first kappa shape index (κ1) is 14.5.